The van der Waals surface area contributed by atoms with Crippen LogP contribution in [0.2, 0.25) is 0 Å². The van der Waals surface area contributed by atoms with Gasteiger partial charge in [-0.25, -0.2) is 4.98 Å². The summed E-state index contributed by atoms with van der Waals surface area (Å²) >= 11 is 1.38. The van der Waals surface area contributed by atoms with Crippen molar-refractivity contribution in [1.29, 1.82) is 5.26 Å². The zero-order chi connectivity index (χ0) is 20.4. The van der Waals surface area contributed by atoms with Gasteiger partial charge in [0.2, 0.25) is 0 Å². The lowest BCUT2D eigenvalue weighted by Gasteiger charge is -2.10. The number of nitrogens with zero attached hydrogens (tertiary/aromatic N) is 2. The highest BCUT2D eigenvalue weighted by molar-refractivity contribution is 7.18. The zero-order valence-corrected chi connectivity index (χ0v) is 16.0. The first-order chi connectivity index (χ1) is 13.3. The van der Waals surface area contributed by atoms with Crippen LogP contribution >= 0.6 is 11.3 Å². The number of H-pyrrole nitrogens is 1. The zero-order valence-electron chi connectivity index (χ0n) is 15.2. The van der Waals surface area contributed by atoms with Gasteiger partial charge in [0.15, 0.2) is 17.3 Å². The normalized spacial score (nSPS) is 11.7. The topological polar surface area (TPSA) is 88.0 Å². The largest absolute Gasteiger partial charge is 0.493 e. The average molecular weight is 403 g/mol. The van der Waals surface area contributed by atoms with Gasteiger partial charge in [-0.05, 0) is 43.2 Å². The van der Waals surface area contributed by atoms with Crippen LogP contribution in [0.15, 0.2) is 23.0 Å². The predicted molar refractivity (Wildman–Crippen MR) is 103 cm³/mol. The Labute approximate surface area is 162 Å². The summed E-state index contributed by atoms with van der Waals surface area (Å²) in [5.41, 5.74) is 1.16. The Morgan fingerprint density at radius 3 is 2.75 bits per heavy atom. The van der Waals surface area contributed by atoms with Gasteiger partial charge >= 0.3 is 6.61 Å². The summed E-state index contributed by atoms with van der Waals surface area (Å²) < 4.78 is 34.3. The summed E-state index contributed by atoms with van der Waals surface area (Å²) in [6, 6.07) is 6.27. The molecule has 0 aliphatic carbocycles. The molecule has 2 heterocycles. The van der Waals surface area contributed by atoms with E-state index in [0.29, 0.717) is 15.8 Å². The second kappa shape index (κ2) is 7.78. The summed E-state index contributed by atoms with van der Waals surface area (Å²) in [5, 5.41) is 10.0. The first kappa shape index (κ1) is 19.5. The second-order valence-electron chi connectivity index (χ2n) is 5.84. The number of aryl methyl sites for hydroxylation is 2. The van der Waals surface area contributed by atoms with Crippen LogP contribution in [0.1, 0.15) is 21.8 Å². The van der Waals surface area contributed by atoms with Crippen LogP contribution < -0.4 is 15.0 Å². The first-order valence-corrected chi connectivity index (χ1v) is 8.90. The smallest absolute Gasteiger partial charge is 0.387 e. The molecule has 0 amide bonds. The van der Waals surface area contributed by atoms with Crippen molar-refractivity contribution in [2.45, 2.75) is 20.5 Å². The van der Waals surface area contributed by atoms with Crippen LogP contribution in [0.4, 0.5) is 8.78 Å². The summed E-state index contributed by atoms with van der Waals surface area (Å²) in [4.78, 5) is 21.0. The number of thiophene rings is 1. The fourth-order valence-corrected chi connectivity index (χ4v) is 3.70. The lowest BCUT2D eigenvalue weighted by Crippen LogP contribution is -2.10. The van der Waals surface area contributed by atoms with Gasteiger partial charge in [-0.1, -0.05) is 6.07 Å². The van der Waals surface area contributed by atoms with Gasteiger partial charge in [0.1, 0.15) is 10.9 Å². The van der Waals surface area contributed by atoms with Gasteiger partial charge in [0.05, 0.1) is 18.1 Å². The van der Waals surface area contributed by atoms with E-state index < -0.39 is 6.61 Å². The number of aromatic amines is 1. The van der Waals surface area contributed by atoms with E-state index in [1.807, 2.05) is 19.9 Å². The van der Waals surface area contributed by atoms with E-state index in [1.165, 1.54) is 42.7 Å². The van der Waals surface area contributed by atoms with E-state index in [9.17, 15) is 18.8 Å². The van der Waals surface area contributed by atoms with Crippen molar-refractivity contribution < 1.29 is 18.3 Å². The standard InChI is InChI=1S/C19H15F2N3O3S/c1-9-10(2)28-18-15(9)17(25)23-16(24-18)12(8-22)6-11-4-5-13(27-19(20)21)14(7-11)26-3/h4-7,19H,1-3H3,(H,23,24,25). The van der Waals surface area contributed by atoms with E-state index in [0.717, 1.165) is 10.4 Å². The number of nitriles is 1. The van der Waals surface area contributed by atoms with Gasteiger partial charge in [-0.2, -0.15) is 14.0 Å². The second-order valence-corrected chi connectivity index (χ2v) is 7.04. The number of fused-ring (bicyclic) bond motifs is 1. The Morgan fingerprint density at radius 1 is 1.36 bits per heavy atom. The van der Waals surface area contributed by atoms with Crippen LogP contribution in [0.25, 0.3) is 21.9 Å². The Kier molecular flexibility index (Phi) is 5.42. The monoisotopic (exact) mass is 403 g/mol. The van der Waals surface area contributed by atoms with E-state index in [4.69, 9.17) is 4.74 Å². The number of methoxy groups -OCH3 is 1. The molecule has 6 nitrogen and oxygen atoms in total. The Bertz CT molecular complexity index is 1180. The minimum Gasteiger partial charge on any atom is -0.493 e. The molecule has 3 rings (SSSR count). The fraction of sp³-hybridized carbons (Fsp3) is 0.211. The summed E-state index contributed by atoms with van der Waals surface area (Å²) in [7, 11) is 1.32. The number of ether oxygens (including phenoxy) is 2. The summed E-state index contributed by atoms with van der Waals surface area (Å²) in [6.45, 7) is 0.766. The van der Waals surface area contributed by atoms with Crippen LogP contribution in [0.3, 0.4) is 0 Å². The number of alkyl halides is 2. The summed E-state index contributed by atoms with van der Waals surface area (Å²) in [5.74, 6) is 0.103. The van der Waals surface area contributed by atoms with Crippen LogP contribution in [-0.2, 0) is 0 Å². The van der Waals surface area contributed by atoms with Crippen molar-refractivity contribution in [2.75, 3.05) is 7.11 Å². The number of halogens is 2. The van der Waals surface area contributed by atoms with Gasteiger partial charge < -0.3 is 14.5 Å². The minimum absolute atomic E-state index is 0.0905. The maximum atomic E-state index is 12.4. The van der Waals surface area contributed by atoms with Crippen LogP contribution in [0.5, 0.6) is 11.5 Å². The van der Waals surface area contributed by atoms with Gasteiger partial charge in [0, 0.05) is 4.88 Å². The molecule has 0 radical (unpaired) electrons. The number of hydrogen-bond acceptors (Lipinski definition) is 6. The van der Waals surface area contributed by atoms with E-state index in [1.54, 1.807) is 0 Å². The Hall–Kier alpha value is -3.25. The number of hydrogen-bond donors (Lipinski definition) is 1. The Morgan fingerprint density at radius 2 is 2.11 bits per heavy atom. The highest BCUT2D eigenvalue weighted by Crippen LogP contribution is 2.31. The number of allylic oxidation sites excluding steroid dienone is 1. The van der Waals surface area contributed by atoms with Crippen molar-refractivity contribution in [1.82, 2.24) is 9.97 Å². The highest BCUT2D eigenvalue weighted by Gasteiger charge is 2.15. The number of nitrogens with one attached hydrogen (secondary N) is 1. The quantitative estimate of drug-likeness (QED) is 0.643. The molecule has 0 aliphatic rings. The van der Waals surface area contributed by atoms with Crippen molar-refractivity contribution >= 4 is 33.2 Å². The molecule has 0 saturated heterocycles. The molecule has 3 aromatic rings. The molecule has 0 spiro atoms. The maximum absolute atomic E-state index is 12.4. The van der Waals surface area contributed by atoms with Crippen molar-refractivity contribution in [3.05, 3.63) is 50.4 Å². The molecular weight excluding hydrogens is 388 g/mol. The molecule has 144 valence electrons. The molecule has 0 atom stereocenters. The van der Waals surface area contributed by atoms with E-state index in [-0.39, 0.29) is 28.5 Å². The van der Waals surface area contributed by atoms with E-state index >= 15 is 0 Å². The van der Waals surface area contributed by atoms with Crippen molar-refractivity contribution in [3.63, 3.8) is 0 Å². The molecule has 1 aromatic carbocycles. The van der Waals surface area contributed by atoms with Crippen molar-refractivity contribution in [3.8, 4) is 17.6 Å². The van der Waals surface area contributed by atoms with Crippen LogP contribution in [-0.4, -0.2) is 23.7 Å². The number of benzene rings is 1. The third-order valence-corrected chi connectivity index (χ3v) is 5.23. The predicted octanol–water partition coefficient (Wildman–Crippen LogP) is 4.28. The fourth-order valence-electron chi connectivity index (χ4n) is 2.67. The molecular formula is C19H15F2N3O3S. The molecule has 0 bridgehead atoms. The molecule has 0 fully saturated rings. The number of aromatic nitrogens is 2. The van der Waals surface area contributed by atoms with Gasteiger partial charge in [-0.3, -0.25) is 4.79 Å². The van der Waals surface area contributed by atoms with Gasteiger partial charge in [-0.15, -0.1) is 11.3 Å². The molecule has 9 heteroatoms. The third-order valence-electron chi connectivity index (χ3n) is 4.13. The van der Waals surface area contributed by atoms with E-state index in [2.05, 4.69) is 14.7 Å². The minimum atomic E-state index is -2.98. The first-order valence-electron chi connectivity index (χ1n) is 8.09. The molecule has 0 saturated carbocycles. The Balaban J connectivity index is 2.07. The van der Waals surface area contributed by atoms with Gasteiger partial charge in [0.25, 0.3) is 5.56 Å². The van der Waals surface area contributed by atoms with Crippen molar-refractivity contribution in [2.24, 2.45) is 0 Å². The third kappa shape index (κ3) is 3.73. The SMILES string of the molecule is COc1cc(C=C(C#N)c2nc3sc(C)c(C)c3c(=O)[nH]2)ccc1OC(F)F. The molecule has 1 N–H and O–H groups in total. The molecule has 28 heavy (non-hydrogen) atoms. The highest BCUT2D eigenvalue weighted by atomic mass is 32.1. The molecule has 0 unspecified atom stereocenters. The number of rotatable bonds is 5. The lowest BCUT2D eigenvalue weighted by molar-refractivity contribution is -0.0512. The lowest BCUT2D eigenvalue weighted by atomic mass is 10.1. The molecule has 0 aliphatic heterocycles. The maximum Gasteiger partial charge on any atom is 0.387 e. The van der Waals surface area contributed by atoms with Crippen LogP contribution in [0, 0.1) is 25.2 Å². The molecule has 2 aromatic heterocycles. The average Bonchev–Trinajstić information content (AvgIpc) is 2.94. The summed E-state index contributed by atoms with van der Waals surface area (Å²) in [6.07, 6.45) is 1.48.